The monoisotopic (exact) mass is 543 g/mol. The minimum absolute atomic E-state index is 0.0576. The van der Waals surface area contributed by atoms with Gasteiger partial charge in [-0.3, -0.25) is 4.79 Å². The Labute approximate surface area is 221 Å². The third-order valence-electron chi connectivity index (χ3n) is 6.24. The molecule has 0 radical (unpaired) electrons. The first-order valence-electron chi connectivity index (χ1n) is 12.2. The minimum atomic E-state index is -3.34. The van der Waals surface area contributed by atoms with E-state index in [1.807, 2.05) is 12.1 Å². The largest absolute Gasteiger partial charge is 0.493 e. The van der Waals surface area contributed by atoms with Crippen molar-refractivity contribution in [3.05, 3.63) is 72.5 Å². The second-order valence-electron chi connectivity index (χ2n) is 8.92. The van der Waals surface area contributed by atoms with E-state index >= 15 is 0 Å². The van der Waals surface area contributed by atoms with E-state index in [4.69, 9.17) is 14.2 Å². The van der Waals surface area contributed by atoms with Gasteiger partial charge in [0.25, 0.3) is 5.91 Å². The molecule has 0 aliphatic carbocycles. The second kappa shape index (κ2) is 11.8. The molecule has 1 N–H and O–H groups in total. The van der Waals surface area contributed by atoms with Crippen LogP contribution in [0.15, 0.2) is 66.7 Å². The number of aliphatic hydroxyl groups excluding tert-OH is 1. The first-order chi connectivity index (χ1) is 18.2. The molecule has 3 aromatic carbocycles. The topological polar surface area (TPSA) is 102 Å². The zero-order valence-electron chi connectivity index (χ0n) is 21.2. The lowest BCUT2D eigenvalue weighted by atomic mass is 10.1. The molecule has 1 fully saturated rings. The summed E-state index contributed by atoms with van der Waals surface area (Å²) in [4.78, 5) is 14.7. The fourth-order valence-corrected chi connectivity index (χ4v) is 5.06. The van der Waals surface area contributed by atoms with Crippen LogP contribution in [0.4, 0.5) is 10.1 Å². The van der Waals surface area contributed by atoms with E-state index in [0.717, 1.165) is 11.1 Å². The third kappa shape index (κ3) is 6.62. The molecule has 1 amide bonds. The normalized spacial score (nSPS) is 16.4. The van der Waals surface area contributed by atoms with Crippen LogP contribution in [-0.2, 0) is 14.6 Å². The molecule has 202 valence electrons. The van der Waals surface area contributed by atoms with Crippen molar-refractivity contribution in [1.29, 1.82) is 0 Å². The Balaban J connectivity index is 1.38. The average molecular weight is 544 g/mol. The second-order valence-corrected chi connectivity index (χ2v) is 11.3. The summed E-state index contributed by atoms with van der Waals surface area (Å²) < 4.78 is 53.5. The number of amides is 1. The molecule has 0 bridgehead atoms. The van der Waals surface area contributed by atoms with Gasteiger partial charge in [-0.05, 0) is 47.5 Å². The van der Waals surface area contributed by atoms with Crippen molar-refractivity contribution in [2.45, 2.75) is 25.6 Å². The number of halogens is 1. The van der Waals surface area contributed by atoms with E-state index in [2.05, 4.69) is 0 Å². The van der Waals surface area contributed by atoms with Gasteiger partial charge in [0.05, 0.1) is 12.9 Å². The van der Waals surface area contributed by atoms with E-state index in [1.165, 1.54) is 26.2 Å². The van der Waals surface area contributed by atoms with Crippen molar-refractivity contribution >= 4 is 21.4 Å². The summed E-state index contributed by atoms with van der Waals surface area (Å²) in [5, 5.41) is 10.0. The van der Waals surface area contributed by atoms with Crippen molar-refractivity contribution < 1.29 is 36.9 Å². The van der Waals surface area contributed by atoms with Crippen LogP contribution >= 0.6 is 0 Å². The molecule has 10 heteroatoms. The molecule has 1 aliphatic rings. The zero-order valence-corrected chi connectivity index (χ0v) is 22.0. The number of ether oxygens (including phenoxy) is 3. The number of hydrogen-bond donors (Lipinski definition) is 1. The van der Waals surface area contributed by atoms with Gasteiger partial charge in [0, 0.05) is 30.5 Å². The van der Waals surface area contributed by atoms with Crippen molar-refractivity contribution in [3.8, 4) is 28.4 Å². The van der Waals surface area contributed by atoms with Crippen LogP contribution in [0, 0.1) is 5.82 Å². The van der Waals surface area contributed by atoms with Gasteiger partial charge >= 0.3 is 0 Å². The Morgan fingerprint density at radius 1 is 1.03 bits per heavy atom. The first kappa shape index (κ1) is 27.4. The Morgan fingerprint density at radius 2 is 1.68 bits per heavy atom. The van der Waals surface area contributed by atoms with Gasteiger partial charge in [0.1, 0.15) is 24.3 Å². The highest BCUT2D eigenvalue weighted by molar-refractivity contribution is 7.91. The summed E-state index contributed by atoms with van der Waals surface area (Å²) in [6.07, 6.45) is -1.33. The Morgan fingerprint density at radius 3 is 2.32 bits per heavy atom. The van der Waals surface area contributed by atoms with Gasteiger partial charge in [-0.2, -0.15) is 0 Å². The van der Waals surface area contributed by atoms with Crippen molar-refractivity contribution in [2.75, 3.05) is 36.7 Å². The number of carbonyl (C=O) groups excluding carboxylic acids is 1. The summed E-state index contributed by atoms with van der Waals surface area (Å²) in [6.45, 7) is 1.76. The smallest absolute Gasteiger partial charge is 0.268 e. The molecule has 0 spiro atoms. The van der Waals surface area contributed by atoms with Crippen molar-refractivity contribution in [3.63, 3.8) is 0 Å². The highest BCUT2D eigenvalue weighted by Gasteiger charge is 2.34. The Kier molecular flexibility index (Phi) is 8.53. The highest BCUT2D eigenvalue weighted by atomic mass is 32.2. The number of benzene rings is 3. The predicted molar refractivity (Wildman–Crippen MR) is 142 cm³/mol. The van der Waals surface area contributed by atoms with Gasteiger partial charge < -0.3 is 24.2 Å². The van der Waals surface area contributed by atoms with Crippen LogP contribution in [-0.4, -0.2) is 63.4 Å². The standard InChI is InChI=1S/C28H30FNO7S/c1-3-38(33,34)18-23(31)17-36-25-13-10-22(16-27(25)35-2)30-15-14-26(28(30)32)37-24-11-6-20(7-12-24)19-4-8-21(29)9-5-19/h4-13,16,23,26,31H,3,14-15,17-18H2,1-2H3/t23-,26?/m0/s1. The third-order valence-corrected chi connectivity index (χ3v) is 8.02. The summed E-state index contributed by atoms with van der Waals surface area (Å²) in [7, 11) is -1.88. The SMILES string of the molecule is CCS(=O)(=O)C[C@@H](O)COc1ccc(N2CCC(Oc3ccc(-c4ccc(F)cc4)cc3)C2=O)cc1OC. The summed E-state index contributed by atoms with van der Waals surface area (Å²) in [5.74, 6) is 0.299. The molecule has 1 saturated heterocycles. The van der Waals surface area contributed by atoms with Gasteiger partial charge in [-0.25, -0.2) is 12.8 Å². The van der Waals surface area contributed by atoms with Crippen LogP contribution < -0.4 is 19.1 Å². The van der Waals surface area contributed by atoms with Crippen LogP contribution in [0.1, 0.15) is 13.3 Å². The number of rotatable bonds is 11. The van der Waals surface area contributed by atoms with Crippen molar-refractivity contribution in [2.24, 2.45) is 0 Å². The molecule has 38 heavy (non-hydrogen) atoms. The molecule has 1 unspecified atom stereocenters. The maximum atomic E-state index is 13.2. The summed E-state index contributed by atoms with van der Waals surface area (Å²) in [5.41, 5.74) is 2.39. The quantitative estimate of drug-likeness (QED) is 0.392. The number of anilines is 1. The predicted octanol–water partition coefficient (Wildman–Crippen LogP) is 3.86. The van der Waals surface area contributed by atoms with Crippen LogP contribution in [0.5, 0.6) is 17.2 Å². The molecule has 8 nitrogen and oxygen atoms in total. The number of sulfone groups is 1. The maximum Gasteiger partial charge on any atom is 0.268 e. The summed E-state index contributed by atoms with van der Waals surface area (Å²) >= 11 is 0. The number of hydrogen-bond acceptors (Lipinski definition) is 7. The molecule has 0 aromatic heterocycles. The molecule has 4 rings (SSSR count). The highest BCUT2D eigenvalue weighted by Crippen LogP contribution is 2.34. The van der Waals surface area contributed by atoms with Gasteiger partial charge in [0.15, 0.2) is 27.4 Å². The summed E-state index contributed by atoms with van der Waals surface area (Å²) in [6, 6.07) is 18.5. The molecule has 1 aliphatic heterocycles. The fraction of sp³-hybridized carbons (Fsp3) is 0.321. The number of carbonyl (C=O) groups is 1. The van der Waals surface area contributed by atoms with Crippen LogP contribution in [0.2, 0.25) is 0 Å². The molecule has 3 aromatic rings. The fourth-order valence-electron chi connectivity index (χ4n) is 4.14. The molecule has 2 atom stereocenters. The van der Waals surface area contributed by atoms with E-state index in [9.17, 15) is 22.7 Å². The molecular formula is C28H30FNO7S. The van der Waals surface area contributed by atoms with E-state index in [0.29, 0.717) is 35.9 Å². The average Bonchev–Trinajstić information content (AvgIpc) is 3.27. The van der Waals surface area contributed by atoms with Crippen LogP contribution in [0.25, 0.3) is 11.1 Å². The molecule has 0 saturated carbocycles. The minimum Gasteiger partial charge on any atom is -0.493 e. The lowest BCUT2D eigenvalue weighted by Gasteiger charge is -2.20. The Hall–Kier alpha value is -3.63. The van der Waals surface area contributed by atoms with Crippen LogP contribution in [0.3, 0.4) is 0 Å². The first-order valence-corrected chi connectivity index (χ1v) is 14.0. The molecule has 1 heterocycles. The lowest BCUT2D eigenvalue weighted by molar-refractivity contribution is -0.122. The van der Waals surface area contributed by atoms with Crippen molar-refractivity contribution in [1.82, 2.24) is 0 Å². The van der Waals surface area contributed by atoms with Gasteiger partial charge in [0.2, 0.25) is 0 Å². The Bertz CT molecular complexity index is 1360. The zero-order chi connectivity index (χ0) is 27.3. The van der Waals surface area contributed by atoms with E-state index < -0.39 is 22.0 Å². The van der Waals surface area contributed by atoms with Gasteiger partial charge in [-0.15, -0.1) is 0 Å². The number of aliphatic hydroxyl groups is 1. The molecular weight excluding hydrogens is 513 g/mol. The number of nitrogens with zero attached hydrogens (tertiary/aromatic N) is 1. The van der Waals surface area contributed by atoms with Gasteiger partial charge in [-0.1, -0.05) is 31.2 Å². The maximum absolute atomic E-state index is 13.2. The van der Waals surface area contributed by atoms with E-state index in [-0.39, 0.29) is 29.8 Å². The number of methoxy groups -OCH3 is 1. The lowest BCUT2D eigenvalue weighted by Crippen LogP contribution is -2.32. The van der Waals surface area contributed by atoms with E-state index in [1.54, 1.807) is 47.4 Å².